The third kappa shape index (κ3) is 3.09. The number of hydrogen-bond donors (Lipinski definition) is 1. The van der Waals surface area contributed by atoms with Crippen molar-refractivity contribution in [3.05, 3.63) is 53.1 Å². The van der Waals surface area contributed by atoms with Gasteiger partial charge < -0.3 is 9.84 Å². The molecule has 100 valence electrons. The Morgan fingerprint density at radius 1 is 1.32 bits per heavy atom. The van der Waals surface area contributed by atoms with Crippen molar-refractivity contribution in [3.8, 4) is 5.75 Å². The number of halogens is 1. The standard InChI is InChI=1S/C16H17ClO2/c1-11(9-17)10-19-16-14(12(2)18)8-7-13-5-3-4-6-15(13)16/h3-9,12,18H,10H2,1-2H3/b11-9+/t12-/m0/s1. The Kier molecular flexibility index (Phi) is 4.46. The summed E-state index contributed by atoms with van der Waals surface area (Å²) in [6.45, 7) is 4.05. The summed E-state index contributed by atoms with van der Waals surface area (Å²) in [7, 11) is 0. The molecule has 2 nitrogen and oxygen atoms in total. The lowest BCUT2D eigenvalue weighted by Gasteiger charge is -2.16. The molecule has 0 spiro atoms. The van der Waals surface area contributed by atoms with Gasteiger partial charge in [-0.3, -0.25) is 0 Å². The highest BCUT2D eigenvalue weighted by Crippen LogP contribution is 2.33. The molecule has 0 aliphatic carbocycles. The van der Waals surface area contributed by atoms with Crippen molar-refractivity contribution in [1.82, 2.24) is 0 Å². The van der Waals surface area contributed by atoms with Crippen LogP contribution < -0.4 is 4.74 Å². The second kappa shape index (κ2) is 6.09. The number of aliphatic hydroxyl groups excluding tert-OH is 1. The van der Waals surface area contributed by atoms with Gasteiger partial charge in [0.05, 0.1) is 6.10 Å². The molecule has 0 unspecified atom stereocenters. The minimum absolute atomic E-state index is 0.414. The Hall–Kier alpha value is -1.51. The summed E-state index contributed by atoms with van der Waals surface area (Å²) in [6.07, 6.45) is -0.570. The van der Waals surface area contributed by atoms with Crippen LogP contribution in [0.4, 0.5) is 0 Å². The Morgan fingerprint density at radius 2 is 2.05 bits per heavy atom. The normalized spacial score (nSPS) is 13.6. The molecule has 0 aromatic heterocycles. The molecule has 0 bridgehead atoms. The van der Waals surface area contributed by atoms with Gasteiger partial charge in [-0.2, -0.15) is 0 Å². The van der Waals surface area contributed by atoms with Gasteiger partial charge in [-0.15, -0.1) is 0 Å². The first-order chi connectivity index (χ1) is 9.13. The van der Waals surface area contributed by atoms with E-state index in [9.17, 15) is 5.11 Å². The summed E-state index contributed by atoms with van der Waals surface area (Å²) in [5.41, 5.74) is 3.24. The van der Waals surface area contributed by atoms with Gasteiger partial charge in [0.1, 0.15) is 12.4 Å². The van der Waals surface area contributed by atoms with Crippen molar-refractivity contribution >= 4 is 22.4 Å². The molecule has 19 heavy (non-hydrogen) atoms. The molecule has 0 aliphatic rings. The maximum Gasteiger partial charge on any atom is 0.133 e. The van der Waals surface area contributed by atoms with Crippen LogP contribution in [0.25, 0.3) is 10.8 Å². The first-order valence-electron chi connectivity index (χ1n) is 6.22. The average molecular weight is 277 g/mol. The molecule has 0 heterocycles. The third-order valence-electron chi connectivity index (χ3n) is 2.99. The smallest absolute Gasteiger partial charge is 0.133 e. The molecule has 0 radical (unpaired) electrons. The van der Waals surface area contributed by atoms with Crippen LogP contribution >= 0.6 is 11.6 Å². The maximum absolute atomic E-state index is 9.87. The molecule has 0 amide bonds. The number of benzene rings is 2. The van der Waals surface area contributed by atoms with E-state index in [1.807, 2.05) is 43.3 Å². The molecule has 2 aromatic carbocycles. The number of aliphatic hydroxyl groups is 1. The molecule has 2 aromatic rings. The lowest BCUT2D eigenvalue weighted by Crippen LogP contribution is -2.03. The van der Waals surface area contributed by atoms with Gasteiger partial charge in [-0.1, -0.05) is 48.0 Å². The van der Waals surface area contributed by atoms with E-state index in [0.717, 1.165) is 27.7 Å². The van der Waals surface area contributed by atoms with Crippen LogP contribution in [-0.2, 0) is 0 Å². The fraction of sp³-hybridized carbons (Fsp3) is 0.250. The van der Waals surface area contributed by atoms with E-state index in [-0.39, 0.29) is 0 Å². The number of ether oxygens (including phenoxy) is 1. The molecule has 0 saturated heterocycles. The van der Waals surface area contributed by atoms with Crippen LogP contribution in [0.1, 0.15) is 25.5 Å². The molecule has 1 atom stereocenters. The first-order valence-corrected chi connectivity index (χ1v) is 6.65. The molecular weight excluding hydrogens is 260 g/mol. The zero-order chi connectivity index (χ0) is 13.8. The van der Waals surface area contributed by atoms with Gasteiger partial charge in [0.2, 0.25) is 0 Å². The molecule has 2 rings (SSSR count). The monoisotopic (exact) mass is 276 g/mol. The lowest BCUT2D eigenvalue weighted by atomic mass is 10.0. The van der Waals surface area contributed by atoms with E-state index in [2.05, 4.69) is 0 Å². The summed E-state index contributed by atoms with van der Waals surface area (Å²) in [4.78, 5) is 0. The third-order valence-corrected chi connectivity index (χ3v) is 3.36. The highest BCUT2D eigenvalue weighted by molar-refractivity contribution is 6.25. The largest absolute Gasteiger partial charge is 0.488 e. The molecule has 3 heteroatoms. The number of hydrogen-bond acceptors (Lipinski definition) is 2. The Morgan fingerprint density at radius 3 is 2.74 bits per heavy atom. The Bertz CT molecular complexity index is 603. The van der Waals surface area contributed by atoms with E-state index < -0.39 is 6.10 Å². The van der Waals surface area contributed by atoms with Gasteiger partial charge >= 0.3 is 0 Å². The van der Waals surface area contributed by atoms with Gasteiger partial charge in [0, 0.05) is 16.5 Å². The minimum Gasteiger partial charge on any atom is -0.488 e. The minimum atomic E-state index is -0.570. The van der Waals surface area contributed by atoms with Crippen LogP contribution in [-0.4, -0.2) is 11.7 Å². The quantitative estimate of drug-likeness (QED) is 0.896. The van der Waals surface area contributed by atoms with E-state index in [0.29, 0.717) is 6.61 Å². The van der Waals surface area contributed by atoms with Gasteiger partial charge in [0.15, 0.2) is 0 Å². The lowest BCUT2D eigenvalue weighted by molar-refractivity contribution is 0.193. The molecular formula is C16H17ClO2. The highest BCUT2D eigenvalue weighted by atomic mass is 35.5. The molecule has 0 aliphatic heterocycles. The van der Waals surface area contributed by atoms with E-state index in [1.165, 1.54) is 5.54 Å². The zero-order valence-corrected chi connectivity index (χ0v) is 11.8. The fourth-order valence-electron chi connectivity index (χ4n) is 1.97. The predicted octanol–water partition coefficient (Wildman–Crippen LogP) is 4.41. The van der Waals surface area contributed by atoms with E-state index >= 15 is 0 Å². The van der Waals surface area contributed by atoms with Crippen LogP contribution in [0.15, 0.2) is 47.5 Å². The zero-order valence-electron chi connectivity index (χ0n) is 11.1. The van der Waals surface area contributed by atoms with Crippen LogP contribution in [0.5, 0.6) is 5.75 Å². The summed E-state index contributed by atoms with van der Waals surface area (Å²) >= 11 is 5.65. The highest BCUT2D eigenvalue weighted by Gasteiger charge is 2.13. The van der Waals surface area contributed by atoms with Crippen molar-refractivity contribution in [2.75, 3.05) is 6.61 Å². The Balaban J connectivity index is 2.49. The van der Waals surface area contributed by atoms with E-state index in [1.54, 1.807) is 6.92 Å². The second-order valence-corrected chi connectivity index (χ2v) is 4.84. The van der Waals surface area contributed by atoms with Crippen LogP contribution in [0, 0.1) is 0 Å². The van der Waals surface area contributed by atoms with Crippen LogP contribution in [0.3, 0.4) is 0 Å². The number of fused-ring (bicyclic) bond motifs is 1. The van der Waals surface area contributed by atoms with Crippen molar-refractivity contribution in [2.45, 2.75) is 20.0 Å². The predicted molar refractivity (Wildman–Crippen MR) is 79.7 cm³/mol. The molecule has 0 fully saturated rings. The summed E-state index contributed by atoms with van der Waals surface area (Å²) in [6, 6.07) is 11.9. The Labute approximate surface area is 118 Å². The SMILES string of the molecule is C/C(=C\Cl)COc1c([C@H](C)O)ccc2ccccc12. The maximum atomic E-state index is 9.87. The fourth-order valence-corrected chi connectivity index (χ4v) is 2.03. The van der Waals surface area contributed by atoms with Crippen molar-refractivity contribution in [2.24, 2.45) is 0 Å². The second-order valence-electron chi connectivity index (χ2n) is 4.63. The average Bonchev–Trinajstić information content (AvgIpc) is 2.43. The van der Waals surface area contributed by atoms with E-state index in [4.69, 9.17) is 16.3 Å². The first kappa shape index (κ1) is 13.9. The van der Waals surface area contributed by atoms with Gasteiger partial charge in [0.25, 0.3) is 0 Å². The van der Waals surface area contributed by atoms with Gasteiger partial charge in [-0.25, -0.2) is 0 Å². The van der Waals surface area contributed by atoms with Gasteiger partial charge in [-0.05, 0) is 24.8 Å². The summed E-state index contributed by atoms with van der Waals surface area (Å²) < 4.78 is 5.85. The summed E-state index contributed by atoms with van der Waals surface area (Å²) in [5.74, 6) is 0.728. The summed E-state index contributed by atoms with van der Waals surface area (Å²) in [5, 5.41) is 12.0. The number of rotatable bonds is 4. The van der Waals surface area contributed by atoms with Crippen molar-refractivity contribution in [1.29, 1.82) is 0 Å². The van der Waals surface area contributed by atoms with Crippen molar-refractivity contribution in [3.63, 3.8) is 0 Å². The molecule has 0 saturated carbocycles. The molecule has 1 N–H and O–H groups in total. The van der Waals surface area contributed by atoms with Crippen LogP contribution in [0.2, 0.25) is 0 Å². The van der Waals surface area contributed by atoms with Crippen molar-refractivity contribution < 1.29 is 9.84 Å². The topological polar surface area (TPSA) is 29.5 Å².